The van der Waals surface area contributed by atoms with Crippen molar-refractivity contribution in [3.63, 3.8) is 0 Å². The molecule has 0 aliphatic rings. The first kappa shape index (κ1) is 20.5. The fraction of sp³-hybridized carbons (Fsp3) is 0.200. The third kappa shape index (κ3) is 4.79. The molecule has 29 heavy (non-hydrogen) atoms. The highest BCUT2D eigenvalue weighted by molar-refractivity contribution is 6.06. The molecular weight excluding hydrogens is 393 g/mol. The molecule has 1 amide bonds. The first-order valence-electron chi connectivity index (χ1n) is 8.54. The minimum Gasteiger partial charge on any atom is -0.321 e. The van der Waals surface area contributed by atoms with E-state index in [-0.39, 0.29) is 11.3 Å². The minimum absolute atomic E-state index is 0.00928. The van der Waals surface area contributed by atoms with Crippen molar-refractivity contribution in [1.29, 1.82) is 0 Å². The summed E-state index contributed by atoms with van der Waals surface area (Å²) in [7, 11) is 1.52. The highest BCUT2D eigenvalue weighted by Gasteiger charge is 2.30. The molecule has 0 saturated heterocycles. The lowest BCUT2D eigenvalue weighted by Crippen LogP contribution is -2.15. The Balaban J connectivity index is 1.89. The number of benzene rings is 2. The van der Waals surface area contributed by atoms with Gasteiger partial charge in [-0.25, -0.2) is 8.78 Å². The summed E-state index contributed by atoms with van der Waals surface area (Å²) in [6.45, 7) is 0. The monoisotopic (exact) mass is 409 g/mol. The predicted molar refractivity (Wildman–Crippen MR) is 97.7 cm³/mol. The molecule has 1 N–H and O–H groups in total. The van der Waals surface area contributed by atoms with Crippen molar-refractivity contribution in [2.24, 2.45) is 7.05 Å². The number of nitrogens with zero attached hydrogens (tertiary/aromatic N) is 2. The maximum Gasteiger partial charge on any atom is 0.416 e. The van der Waals surface area contributed by atoms with E-state index in [0.717, 1.165) is 12.1 Å². The number of carbonyl (C=O) groups excluding carboxylic acids is 1. The Morgan fingerprint density at radius 1 is 1.10 bits per heavy atom. The summed E-state index contributed by atoms with van der Waals surface area (Å²) in [5, 5.41) is 6.53. The van der Waals surface area contributed by atoms with Crippen molar-refractivity contribution >= 4 is 11.6 Å². The van der Waals surface area contributed by atoms with Gasteiger partial charge >= 0.3 is 6.18 Å². The van der Waals surface area contributed by atoms with E-state index in [1.54, 1.807) is 24.3 Å². The van der Waals surface area contributed by atoms with Gasteiger partial charge in [0.25, 0.3) is 5.91 Å². The third-order valence-electron chi connectivity index (χ3n) is 4.20. The number of nitrogens with one attached hydrogen (secondary N) is 1. The van der Waals surface area contributed by atoms with Gasteiger partial charge in [0.05, 0.1) is 23.2 Å². The zero-order valence-corrected chi connectivity index (χ0v) is 15.2. The molecule has 0 spiro atoms. The van der Waals surface area contributed by atoms with Gasteiger partial charge in [0, 0.05) is 24.5 Å². The summed E-state index contributed by atoms with van der Waals surface area (Å²) >= 11 is 0. The van der Waals surface area contributed by atoms with Crippen LogP contribution in [-0.2, 0) is 19.6 Å². The average molecular weight is 409 g/mol. The van der Waals surface area contributed by atoms with E-state index >= 15 is 0 Å². The molecule has 0 atom stereocenters. The summed E-state index contributed by atoms with van der Waals surface area (Å²) in [5.74, 6) is -0.631. The highest BCUT2D eigenvalue weighted by atomic mass is 19.4. The molecule has 152 valence electrons. The molecule has 4 nitrogen and oxygen atoms in total. The number of rotatable bonds is 5. The standard InChI is InChI=1S/C20H16F5N3O/c1-28-11-15(17(27-28)10-18(21)22)19(29)26-16-5-3-2-4-14(16)12-6-8-13(9-7-12)20(23,24)25/h2-9,11,18H,10H2,1H3,(H,26,29). The summed E-state index contributed by atoms with van der Waals surface area (Å²) in [6, 6.07) is 11.1. The number of aromatic nitrogens is 2. The largest absolute Gasteiger partial charge is 0.416 e. The maximum absolute atomic E-state index is 12.8. The molecule has 3 aromatic rings. The third-order valence-corrected chi connectivity index (χ3v) is 4.20. The smallest absolute Gasteiger partial charge is 0.321 e. The number of halogens is 5. The Kier molecular flexibility index (Phi) is 5.67. The van der Waals surface area contributed by atoms with Crippen LogP contribution < -0.4 is 5.32 Å². The van der Waals surface area contributed by atoms with Gasteiger partial charge < -0.3 is 5.32 Å². The van der Waals surface area contributed by atoms with Crippen LogP contribution in [0.15, 0.2) is 54.7 Å². The van der Waals surface area contributed by atoms with E-state index in [2.05, 4.69) is 10.4 Å². The van der Waals surface area contributed by atoms with E-state index < -0.39 is 30.5 Å². The van der Waals surface area contributed by atoms with Crippen molar-refractivity contribution in [3.05, 3.63) is 71.5 Å². The molecule has 0 fully saturated rings. The second-order valence-electron chi connectivity index (χ2n) is 6.33. The first-order valence-corrected chi connectivity index (χ1v) is 8.54. The van der Waals surface area contributed by atoms with E-state index in [4.69, 9.17) is 0 Å². The van der Waals surface area contributed by atoms with Crippen LogP contribution in [0.2, 0.25) is 0 Å². The van der Waals surface area contributed by atoms with Crippen molar-refractivity contribution in [2.45, 2.75) is 19.0 Å². The zero-order chi connectivity index (χ0) is 21.2. The molecule has 0 aliphatic carbocycles. The Hall–Kier alpha value is -3.23. The highest BCUT2D eigenvalue weighted by Crippen LogP contribution is 2.33. The molecule has 0 radical (unpaired) electrons. The van der Waals surface area contributed by atoms with Gasteiger partial charge in [-0.2, -0.15) is 18.3 Å². The van der Waals surface area contributed by atoms with Gasteiger partial charge in [-0.3, -0.25) is 9.48 Å². The number of anilines is 1. The van der Waals surface area contributed by atoms with Crippen LogP contribution >= 0.6 is 0 Å². The van der Waals surface area contributed by atoms with Crippen molar-refractivity contribution in [3.8, 4) is 11.1 Å². The summed E-state index contributed by atoms with van der Waals surface area (Å²) in [6.07, 6.45) is -6.43. The normalized spacial score (nSPS) is 11.7. The number of hydrogen-bond acceptors (Lipinski definition) is 2. The lowest BCUT2D eigenvalue weighted by Gasteiger charge is -2.12. The van der Waals surface area contributed by atoms with Gasteiger partial charge in [-0.1, -0.05) is 30.3 Å². The van der Waals surface area contributed by atoms with E-state index in [9.17, 15) is 26.7 Å². The van der Waals surface area contributed by atoms with Gasteiger partial charge in [0.2, 0.25) is 6.43 Å². The van der Waals surface area contributed by atoms with Gasteiger partial charge in [0.1, 0.15) is 0 Å². The molecule has 1 heterocycles. The average Bonchev–Trinajstić information content (AvgIpc) is 3.01. The van der Waals surface area contributed by atoms with Gasteiger partial charge in [0.15, 0.2) is 0 Å². The quantitative estimate of drug-likeness (QED) is 0.592. The SMILES string of the molecule is Cn1cc(C(=O)Nc2ccccc2-c2ccc(C(F)(F)F)cc2)c(CC(F)F)n1. The minimum atomic E-state index is -4.45. The van der Waals surface area contributed by atoms with E-state index in [0.29, 0.717) is 16.8 Å². The summed E-state index contributed by atoms with van der Waals surface area (Å²) in [5.41, 5.74) is 0.489. The Labute approximate surface area is 163 Å². The molecule has 0 unspecified atom stereocenters. The lowest BCUT2D eigenvalue weighted by molar-refractivity contribution is -0.137. The van der Waals surface area contributed by atoms with Crippen LogP contribution in [0.5, 0.6) is 0 Å². The maximum atomic E-state index is 12.8. The van der Waals surface area contributed by atoms with Crippen LogP contribution in [0.1, 0.15) is 21.6 Å². The Bertz CT molecular complexity index is 1010. The predicted octanol–water partition coefficient (Wildman–Crippen LogP) is 5.17. The molecule has 0 bridgehead atoms. The van der Waals surface area contributed by atoms with Crippen LogP contribution in [0.25, 0.3) is 11.1 Å². The second-order valence-corrected chi connectivity index (χ2v) is 6.33. The Morgan fingerprint density at radius 3 is 2.38 bits per heavy atom. The lowest BCUT2D eigenvalue weighted by atomic mass is 10.0. The second kappa shape index (κ2) is 8.02. The molecule has 0 aliphatic heterocycles. The van der Waals surface area contributed by atoms with Crippen LogP contribution in [-0.4, -0.2) is 22.1 Å². The van der Waals surface area contributed by atoms with Crippen LogP contribution in [0.4, 0.5) is 27.6 Å². The molecular formula is C20H16F5N3O. The summed E-state index contributed by atoms with van der Waals surface area (Å²) in [4.78, 5) is 12.6. The van der Waals surface area contributed by atoms with Crippen molar-refractivity contribution < 1.29 is 26.7 Å². The van der Waals surface area contributed by atoms with Crippen molar-refractivity contribution in [1.82, 2.24) is 9.78 Å². The number of carbonyl (C=O) groups is 1. The molecule has 2 aromatic carbocycles. The molecule has 9 heteroatoms. The fourth-order valence-corrected chi connectivity index (χ4v) is 2.89. The van der Waals surface area contributed by atoms with Crippen molar-refractivity contribution in [2.75, 3.05) is 5.32 Å². The molecule has 3 rings (SSSR count). The number of hydrogen-bond donors (Lipinski definition) is 1. The zero-order valence-electron chi connectivity index (χ0n) is 15.2. The number of aryl methyl sites for hydroxylation is 1. The first-order chi connectivity index (χ1) is 13.6. The van der Waals surface area contributed by atoms with Gasteiger partial charge in [-0.05, 0) is 23.8 Å². The topological polar surface area (TPSA) is 46.9 Å². The molecule has 1 aromatic heterocycles. The Morgan fingerprint density at radius 2 is 1.76 bits per heavy atom. The number of amides is 1. The van der Waals surface area contributed by atoms with E-state index in [1.165, 1.54) is 30.1 Å². The fourth-order valence-electron chi connectivity index (χ4n) is 2.89. The van der Waals surface area contributed by atoms with Crippen LogP contribution in [0, 0.1) is 0 Å². The van der Waals surface area contributed by atoms with Gasteiger partial charge in [-0.15, -0.1) is 0 Å². The van der Waals surface area contributed by atoms with Crippen LogP contribution in [0.3, 0.4) is 0 Å². The number of alkyl halides is 5. The molecule has 0 saturated carbocycles. The number of para-hydroxylation sites is 1. The summed E-state index contributed by atoms with van der Waals surface area (Å²) < 4.78 is 65.1. The van der Waals surface area contributed by atoms with E-state index in [1.807, 2.05) is 0 Å².